The van der Waals surface area contributed by atoms with E-state index < -0.39 is 0 Å². The normalized spacial score (nSPS) is 9.18. The van der Waals surface area contributed by atoms with Crippen molar-refractivity contribution >= 4 is 17.7 Å². The molecule has 5 N–H and O–H groups in total. The second kappa shape index (κ2) is 3.03. The van der Waals surface area contributed by atoms with Crippen LogP contribution >= 0.6 is 0 Å². The van der Waals surface area contributed by atoms with Crippen LogP contribution in [-0.4, -0.2) is 6.29 Å². The minimum absolute atomic E-state index is 0.526. The lowest BCUT2D eigenvalue weighted by molar-refractivity contribution is 0.112. The van der Waals surface area contributed by atoms with Crippen LogP contribution < -0.4 is 17.0 Å². The molecule has 0 bridgehead atoms. The summed E-state index contributed by atoms with van der Waals surface area (Å²) >= 11 is 0. The molecule has 1 aromatic carbocycles. The van der Waals surface area contributed by atoms with E-state index in [1.807, 2.05) is 0 Å². The molecular weight excluding hydrogens is 142 g/mol. The number of hydrogen-bond acceptors (Lipinski definition) is 4. The monoisotopic (exact) mass is 151 g/mol. The van der Waals surface area contributed by atoms with Gasteiger partial charge in [-0.05, 0) is 18.2 Å². The van der Waals surface area contributed by atoms with Crippen molar-refractivity contribution in [3.05, 3.63) is 23.8 Å². The number of nitrogens with one attached hydrogen (secondary N) is 1. The van der Waals surface area contributed by atoms with E-state index in [4.69, 9.17) is 11.6 Å². The fourth-order valence-corrected chi connectivity index (χ4v) is 0.772. The van der Waals surface area contributed by atoms with Crippen LogP contribution in [0.2, 0.25) is 0 Å². The van der Waals surface area contributed by atoms with Crippen LogP contribution in [0.15, 0.2) is 18.2 Å². The highest BCUT2D eigenvalue weighted by Gasteiger charge is 1.96. The number of anilines is 2. The van der Waals surface area contributed by atoms with Gasteiger partial charge in [0.05, 0.1) is 11.4 Å². The maximum Gasteiger partial charge on any atom is 0.150 e. The number of hydrazine groups is 1. The number of rotatable bonds is 2. The van der Waals surface area contributed by atoms with Crippen LogP contribution in [0.25, 0.3) is 0 Å². The van der Waals surface area contributed by atoms with E-state index in [9.17, 15) is 4.79 Å². The molecule has 0 amide bonds. The topological polar surface area (TPSA) is 81.1 Å². The van der Waals surface area contributed by atoms with E-state index in [2.05, 4.69) is 5.43 Å². The first-order valence-electron chi connectivity index (χ1n) is 3.09. The highest BCUT2D eigenvalue weighted by atomic mass is 16.1. The van der Waals surface area contributed by atoms with Crippen LogP contribution in [0, 0.1) is 0 Å². The zero-order valence-electron chi connectivity index (χ0n) is 5.87. The second-order valence-corrected chi connectivity index (χ2v) is 2.11. The van der Waals surface area contributed by atoms with Gasteiger partial charge < -0.3 is 11.2 Å². The Morgan fingerprint density at radius 1 is 1.45 bits per heavy atom. The Balaban J connectivity index is 3.12. The third kappa shape index (κ3) is 1.47. The molecule has 1 rings (SSSR count). The van der Waals surface area contributed by atoms with E-state index in [1.54, 1.807) is 18.2 Å². The average molecular weight is 151 g/mol. The van der Waals surface area contributed by atoms with Gasteiger partial charge in [0, 0.05) is 5.56 Å². The Kier molecular flexibility index (Phi) is 2.08. The Hall–Kier alpha value is -1.55. The summed E-state index contributed by atoms with van der Waals surface area (Å²) in [6, 6.07) is 4.84. The quantitative estimate of drug-likeness (QED) is 0.247. The average Bonchev–Trinajstić information content (AvgIpc) is 2.05. The summed E-state index contributed by atoms with van der Waals surface area (Å²) in [5.74, 6) is 5.13. The Labute approximate surface area is 64.2 Å². The largest absolute Gasteiger partial charge is 0.397 e. The number of carbonyl (C=O) groups is 1. The molecule has 0 fully saturated rings. The molecule has 0 spiro atoms. The third-order valence-corrected chi connectivity index (χ3v) is 1.37. The Bertz CT molecular complexity index is 272. The molecule has 4 nitrogen and oxygen atoms in total. The van der Waals surface area contributed by atoms with Crippen LogP contribution in [0.3, 0.4) is 0 Å². The standard InChI is InChI=1S/C7H9N3O/c8-6-2-1-5(4-11)3-7(6)10-9/h1-4,10H,8-9H2. The van der Waals surface area contributed by atoms with Gasteiger partial charge >= 0.3 is 0 Å². The van der Waals surface area contributed by atoms with Crippen molar-refractivity contribution in [2.45, 2.75) is 0 Å². The lowest BCUT2D eigenvalue weighted by atomic mass is 10.2. The number of nitrogen functional groups attached to an aromatic ring is 2. The second-order valence-electron chi connectivity index (χ2n) is 2.11. The van der Waals surface area contributed by atoms with Crippen molar-refractivity contribution in [2.24, 2.45) is 5.84 Å². The predicted octanol–water partition coefficient (Wildman–Crippen LogP) is 0.367. The van der Waals surface area contributed by atoms with Crippen molar-refractivity contribution in [3.8, 4) is 0 Å². The van der Waals surface area contributed by atoms with Gasteiger partial charge in [0.15, 0.2) is 0 Å². The molecule has 0 aliphatic heterocycles. The van der Waals surface area contributed by atoms with Crippen molar-refractivity contribution in [1.29, 1.82) is 0 Å². The maximum absolute atomic E-state index is 10.3. The van der Waals surface area contributed by atoms with E-state index in [-0.39, 0.29) is 0 Å². The first-order valence-corrected chi connectivity index (χ1v) is 3.09. The molecule has 58 valence electrons. The van der Waals surface area contributed by atoms with Gasteiger partial charge in [0.1, 0.15) is 6.29 Å². The SMILES string of the molecule is NNc1cc(C=O)ccc1N. The van der Waals surface area contributed by atoms with Gasteiger partial charge in [-0.3, -0.25) is 10.6 Å². The summed E-state index contributed by atoms with van der Waals surface area (Å²) in [4.78, 5) is 10.3. The number of carbonyl (C=O) groups excluding carboxylic acids is 1. The van der Waals surface area contributed by atoms with Crippen LogP contribution in [0.1, 0.15) is 10.4 Å². The fraction of sp³-hybridized carbons (Fsp3) is 0. The molecule has 0 atom stereocenters. The summed E-state index contributed by atoms with van der Waals surface area (Å²) in [6.07, 6.45) is 0.736. The van der Waals surface area contributed by atoms with Gasteiger partial charge in [0.25, 0.3) is 0 Å². The summed E-state index contributed by atoms with van der Waals surface area (Å²) in [6.45, 7) is 0. The molecule has 0 aliphatic carbocycles. The zero-order chi connectivity index (χ0) is 8.27. The Morgan fingerprint density at radius 2 is 2.18 bits per heavy atom. The van der Waals surface area contributed by atoms with Crippen molar-refractivity contribution < 1.29 is 4.79 Å². The van der Waals surface area contributed by atoms with Crippen molar-refractivity contribution in [3.63, 3.8) is 0 Å². The van der Waals surface area contributed by atoms with Crippen LogP contribution in [-0.2, 0) is 0 Å². The molecule has 0 saturated heterocycles. The smallest absolute Gasteiger partial charge is 0.150 e. The molecule has 1 aromatic rings. The minimum Gasteiger partial charge on any atom is -0.397 e. The Morgan fingerprint density at radius 3 is 2.73 bits per heavy atom. The van der Waals surface area contributed by atoms with Gasteiger partial charge in [-0.2, -0.15) is 0 Å². The number of benzene rings is 1. The van der Waals surface area contributed by atoms with Gasteiger partial charge in [0.2, 0.25) is 0 Å². The molecule has 0 radical (unpaired) electrons. The number of aldehydes is 1. The molecule has 0 heterocycles. The van der Waals surface area contributed by atoms with Crippen LogP contribution in [0.5, 0.6) is 0 Å². The van der Waals surface area contributed by atoms with Crippen molar-refractivity contribution in [2.75, 3.05) is 11.2 Å². The van der Waals surface area contributed by atoms with Crippen LogP contribution in [0.4, 0.5) is 11.4 Å². The molecule has 0 aliphatic rings. The first-order chi connectivity index (χ1) is 5.27. The predicted molar refractivity (Wildman–Crippen MR) is 44.1 cm³/mol. The van der Waals surface area contributed by atoms with E-state index in [0.29, 0.717) is 16.9 Å². The van der Waals surface area contributed by atoms with Gasteiger partial charge in [-0.15, -0.1) is 0 Å². The summed E-state index contributed by atoms with van der Waals surface area (Å²) in [7, 11) is 0. The third-order valence-electron chi connectivity index (χ3n) is 1.37. The van der Waals surface area contributed by atoms with E-state index in [1.165, 1.54) is 0 Å². The van der Waals surface area contributed by atoms with E-state index in [0.717, 1.165) is 6.29 Å². The molecule has 0 unspecified atom stereocenters. The van der Waals surface area contributed by atoms with E-state index >= 15 is 0 Å². The molecular formula is C7H9N3O. The zero-order valence-corrected chi connectivity index (χ0v) is 5.87. The lowest BCUT2D eigenvalue weighted by Crippen LogP contribution is -2.09. The van der Waals surface area contributed by atoms with Gasteiger partial charge in [-0.25, -0.2) is 0 Å². The summed E-state index contributed by atoms with van der Waals surface area (Å²) in [5, 5.41) is 0. The summed E-state index contributed by atoms with van der Waals surface area (Å²) in [5.41, 5.74) is 9.52. The molecule has 0 saturated carbocycles. The lowest BCUT2D eigenvalue weighted by Gasteiger charge is -2.03. The highest BCUT2D eigenvalue weighted by Crippen LogP contribution is 2.17. The molecule has 0 aromatic heterocycles. The number of hydrogen-bond donors (Lipinski definition) is 3. The minimum atomic E-state index is 0.526. The maximum atomic E-state index is 10.3. The van der Waals surface area contributed by atoms with Crippen molar-refractivity contribution in [1.82, 2.24) is 0 Å². The summed E-state index contributed by atoms with van der Waals surface area (Å²) < 4.78 is 0. The first kappa shape index (κ1) is 7.56. The molecule has 11 heavy (non-hydrogen) atoms. The highest BCUT2D eigenvalue weighted by molar-refractivity contribution is 5.80. The fourth-order valence-electron chi connectivity index (χ4n) is 0.772. The van der Waals surface area contributed by atoms with Gasteiger partial charge in [-0.1, -0.05) is 0 Å². The molecule has 4 heteroatoms. The number of nitrogens with two attached hydrogens (primary N) is 2.